The largest absolute Gasteiger partial charge is 0.276 e. The molecule has 0 aliphatic carbocycles. The first kappa shape index (κ1) is 3.43. The van der Waals surface area contributed by atoms with E-state index in [0.717, 1.165) is 0 Å². The highest BCUT2D eigenvalue weighted by Crippen LogP contribution is 2.16. The molecule has 0 spiro atoms. The van der Waals surface area contributed by atoms with Gasteiger partial charge >= 0.3 is 0 Å². The third-order valence-electron chi connectivity index (χ3n) is 1.45. The third kappa shape index (κ3) is 1.56. The molecular weight excluding hydrogens is 184 g/mol. The first-order chi connectivity index (χ1) is 9.20. The number of halogens is 1. The van der Waals surface area contributed by atoms with Crippen molar-refractivity contribution in [1.29, 1.82) is 0 Å². The van der Waals surface area contributed by atoms with Gasteiger partial charge in [-0.2, -0.15) is 0 Å². The van der Waals surface area contributed by atoms with Crippen LogP contribution in [-0.2, 0) is 0 Å². The number of benzene rings is 2. The summed E-state index contributed by atoms with van der Waals surface area (Å²) < 4.78 is 53.9. The maximum absolute atomic E-state index is 11.3. The van der Waals surface area contributed by atoms with Gasteiger partial charge in [0.1, 0.15) is 0 Å². The van der Waals surface area contributed by atoms with Gasteiger partial charge in [-0.05, 0) is 34.5 Å². The van der Waals surface area contributed by atoms with Gasteiger partial charge in [0.05, 0.1) is 9.60 Å². The molecule has 1 nitrogen and oxygen atoms in total. The Labute approximate surface area is 90.8 Å². The summed E-state index contributed by atoms with van der Waals surface area (Å²) in [6.45, 7) is 0. The van der Waals surface area contributed by atoms with Crippen LogP contribution >= 0.6 is 11.6 Å². The summed E-state index contributed by atoms with van der Waals surface area (Å²) in [6, 6.07) is -3.89. The van der Waals surface area contributed by atoms with Crippen LogP contribution in [0.25, 0.3) is 10.8 Å². The zero-order valence-corrected chi connectivity index (χ0v) is 7.04. The maximum Gasteiger partial charge on any atom is 0.252 e. The molecule has 0 N–H and O–H groups in total. The SMILES string of the molecule is [2H]c1c([2H])c([2H])c2c([2H])c(C(=O)Cl)c([2H])c([2H])c2c1[2H]. The Hall–Kier alpha value is -1.34. The van der Waals surface area contributed by atoms with E-state index in [0.29, 0.717) is 0 Å². The molecule has 0 radical (unpaired) electrons. The molecule has 0 saturated carbocycles. The highest BCUT2D eigenvalue weighted by Gasteiger charge is 2.01. The predicted octanol–water partition coefficient (Wildman–Crippen LogP) is 3.22. The molecule has 0 saturated heterocycles. The number of carbonyl (C=O) groups is 1. The molecule has 2 heteroatoms. The van der Waals surface area contributed by atoms with Crippen molar-refractivity contribution in [3.63, 3.8) is 0 Å². The molecule has 64 valence electrons. The number of hydrogen-bond donors (Lipinski definition) is 0. The van der Waals surface area contributed by atoms with Crippen molar-refractivity contribution in [2.45, 2.75) is 0 Å². The average Bonchev–Trinajstić information content (AvgIpc) is 2.37. The second-order valence-corrected chi connectivity index (χ2v) is 2.62. The van der Waals surface area contributed by atoms with E-state index in [1.165, 1.54) is 0 Å². The summed E-state index contributed by atoms with van der Waals surface area (Å²) in [5.41, 5.74) is -0.533. The lowest BCUT2D eigenvalue weighted by Crippen LogP contribution is -1.87. The number of carbonyl (C=O) groups excluding carboxylic acids is 1. The molecule has 2 rings (SSSR count). The molecule has 0 fully saturated rings. The van der Waals surface area contributed by atoms with E-state index in [2.05, 4.69) is 0 Å². The highest BCUT2D eigenvalue weighted by molar-refractivity contribution is 6.67. The van der Waals surface area contributed by atoms with Crippen LogP contribution in [0, 0.1) is 0 Å². The Morgan fingerprint density at radius 3 is 2.54 bits per heavy atom. The number of rotatable bonds is 1. The molecule has 0 unspecified atom stereocenters. The number of hydrogen-bond acceptors (Lipinski definition) is 1. The van der Waals surface area contributed by atoms with Crippen molar-refractivity contribution >= 4 is 27.6 Å². The van der Waals surface area contributed by atoms with Gasteiger partial charge in [0.15, 0.2) is 0 Å². The molecule has 2 aromatic carbocycles. The van der Waals surface area contributed by atoms with Crippen LogP contribution in [0.5, 0.6) is 0 Å². The van der Waals surface area contributed by atoms with E-state index in [1.807, 2.05) is 0 Å². The van der Waals surface area contributed by atoms with Crippen molar-refractivity contribution in [2.24, 2.45) is 0 Å². The second-order valence-electron chi connectivity index (χ2n) is 2.27. The van der Waals surface area contributed by atoms with Crippen LogP contribution in [-0.4, -0.2) is 5.24 Å². The van der Waals surface area contributed by atoms with E-state index in [4.69, 9.17) is 21.2 Å². The van der Waals surface area contributed by atoms with E-state index in [-0.39, 0.29) is 10.8 Å². The zero-order valence-electron chi connectivity index (χ0n) is 13.3. The minimum atomic E-state index is -1.11. The van der Waals surface area contributed by atoms with Gasteiger partial charge in [0.2, 0.25) is 0 Å². The number of fused-ring (bicyclic) bond motifs is 1. The highest BCUT2D eigenvalue weighted by atomic mass is 35.5. The molecule has 0 amide bonds. The van der Waals surface area contributed by atoms with E-state index in [1.54, 1.807) is 0 Å². The maximum atomic E-state index is 11.3. The summed E-state index contributed by atoms with van der Waals surface area (Å²) in [5, 5.41) is -1.64. The smallest absolute Gasteiger partial charge is 0.252 e. The fourth-order valence-electron chi connectivity index (χ4n) is 0.880. The Morgan fingerprint density at radius 2 is 1.85 bits per heavy atom. The summed E-state index contributed by atoms with van der Waals surface area (Å²) in [7, 11) is 0. The molecule has 0 aliphatic rings. The summed E-state index contributed by atoms with van der Waals surface area (Å²) in [5.74, 6) is 0. The second kappa shape index (κ2) is 3.19. The molecule has 0 atom stereocenters. The topological polar surface area (TPSA) is 17.1 Å². The standard InChI is InChI=1S/C11H7ClO/c12-11(13)10-6-5-8-3-1-2-4-9(8)7-10/h1-7H/i1D,2D,3D,4D,5D,6D,7D. The summed E-state index contributed by atoms with van der Waals surface area (Å²) >= 11 is 5.30. The van der Waals surface area contributed by atoms with Gasteiger partial charge in [0, 0.05) is 5.56 Å². The van der Waals surface area contributed by atoms with Crippen molar-refractivity contribution in [3.8, 4) is 0 Å². The van der Waals surface area contributed by atoms with Gasteiger partial charge in [-0.1, -0.05) is 30.2 Å². The lowest BCUT2D eigenvalue weighted by atomic mass is 10.1. The van der Waals surface area contributed by atoms with Crippen LogP contribution in [0.4, 0.5) is 0 Å². The van der Waals surface area contributed by atoms with Crippen LogP contribution < -0.4 is 0 Å². The van der Waals surface area contributed by atoms with Crippen molar-refractivity contribution in [2.75, 3.05) is 0 Å². The van der Waals surface area contributed by atoms with Crippen LogP contribution in [0.1, 0.15) is 20.0 Å². The molecule has 2 aromatic rings. The Morgan fingerprint density at radius 1 is 1.15 bits per heavy atom. The fourth-order valence-corrected chi connectivity index (χ4v) is 0.974. The first-order valence-electron chi connectivity index (χ1n) is 6.89. The summed E-state index contributed by atoms with van der Waals surface area (Å²) in [4.78, 5) is 11.3. The van der Waals surface area contributed by atoms with Crippen LogP contribution in [0.3, 0.4) is 0 Å². The average molecular weight is 198 g/mol. The van der Waals surface area contributed by atoms with Crippen molar-refractivity contribution < 1.29 is 14.4 Å². The molecule has 0 heterocycles. The molecule has 0 aliphatic heterocycles. The van der Waals surface area contributed by atoms with Crippen molar-refractivity contribution in [1.82, 2.24) is 0 Å². The monoisotopic (exact) mass is 197 g/mol. The molecule has 13 heavy (non-hydrogen) atoms. The Balaban J connectivity index is 3.21. The van der Waals surface area contributed by atoms with Crippen LogP contribution in [0.15, 0.2) is 42.3 Å². The molecule has 0 aromatic heterocycles. The van der Waals surface area contributed by atoms with Gasteiger partial charge in [-0.3, -0.25) is 4.79 Å². The molecule has 0 bridgehead atoms. The quantitative estimate of drug-likeness (QED) is 0.642. The first-order valence-corrected chi connectivity index (χ1v) is 3.77. The normalized spacial score (nSPS) is 17.8. The fraction of sp³-hybridized carbons (Fsp3) is 0. The Kier molecular flexibility index (Phi) is 0.841. The molecular formula is C11H7ClO. The lowest BCUT2D eigenvalue weighted by molar-refractivity contribution is 0.108. The van der Waals surface area contributed by atoms with Gasteiger partial charge in [-0.25, -0.2) is 0 Å². The van der Waals surface area contributed by atoms with E-state index < -0.39 is 53.1 Å². The zero-order chi connectivity index (χ0) is 15.4. The van der Waals surface area contributed by atoms with E-state index >= 15 is 0 Å². The Bertz CT molecular complexity index is 772. The minimum Gasteiger partial charge on any atom is -0.276 e. The van der Waals surface area contributed by atoms with Gasteiger partial charge < -0.3 is 0 Å². The predicted molar refractivity (Wildman–Crippen MR) is 54.1 cm³/mol. The minimum absolute atomic E-state index is 0.257. The lowest BCUT2D eigenvalue weighted by Gasteiger charge is -1.98. The van der Waals surface area contributed by atoms with Crippen molar-refractivity contribution in [3.05, 3.63) is 47.9 Å². The third-order valence-corrected chi connectivity index (χ3v) is 1.64. The van der Waals surface area contributed by atoms with Gasteiger partial charge in [-0.15, -0.1) is 0 Å². The summed E-state index contributed by atoms with van der Waals surface area (Å²) in [6.07, 6.45) is 0. The van der Waals surface area contributed by atoms with E-state index in [9.17, 15) is 4.79 Å². The van der Waals surface area contributed by atoms with Crippen LogP contribution in [0.2, 0.25) is 0 Å². The van der Waals surface area contributed by atoms with Gasteiger partial charge in [0.25, 0.3) is 5.24 Å².